The standard InChI is InChI=1S/C31H32N4O.C31H30N4O/c1-3-5-7-9-29-32-18-27(34-29)21-11-13-23-22(15-21)19-36-28-17-24-20(16-25(23)28)12-14-26-31(24)35-30(33-26)10-8-6-4-2;1-3-5-7-9-29-32-18-27(34-29)21-11-13-23-24-15-20-12-14-26-31(35-30(33-26)10-8-6-4-2)25(20)16-22(24)19-36-28(23)17-21/h5-8,11,13,15-18H,3-4,9-10,12,14,19H2,1-2H3,(H,32,34)(H,33,35);5-8,11-18H,3-4,9-10,19H2,1-2H3,(H,32,34)(H,33,35). The first-order valence-electron chi connectivity index (χ1n) is 25.9. The fourth-order valence-electron chi connectivity index (χ4n) is 10.2. The number of fused-ring (bicyclic) bond motifs is 12. The lowest BCUT2D eigenvalue weighted by molar-refractivity contribution is 0.302. The minimum absolute atomic E-state index is 0.546. The molecule has 362 valence electrons. The number of rotatable bonds is 14. The Bertz CT molecular complexity index is 3560. The molecule has 0 amide bonds. The predicted octanol–water partition coefficient (Wildman–Crippen LogP) is 14.8. The Labute approximate surface area is 421 Å². The van der Waals surface area contributed by atoms with Crippen LogP contribution in [0.15, 0.2) is 134 Å². The first-order valence-corrected chi connectivity index (χ1v) is 25.9. The molecule has 0 saturated heterocycles. The second kappa shape index (κ2) is 20.8. The SMILES string of the molecule is CCC=CCc1ncc(-c2ccc3c(c2)COc2cc4c(cc2-3)CCc2[nH]c(CC=CCC)nc2-4)[nH]1.CCC=CCc1ncc(-c2ccc3c(c2)OCc2cc4c(ccc5[nH]c(CC=CCC)nc54)cc2-3)[nH]1. The van der Waals surface area contributed by atoms with Crippen LogP contribution < -0.4 is 9.47 Å². The molecular formula is C62H62N8O2. The van der Waals surface area contributed by atoms with Crippen molar-refractivity contribution in [3.63, 3.8) is 0 Å². The fourth-order valence-corrected chi connectivity index (χ4v) is 10.2. The number of nitrogens with one attached hydrogen (secondary N) is 4. The van der Waals surface area contributed by atoms with E-state index in [2.05, 4.69) is 179 Å². The van der Waals surface area contributed by atoms with Crippen LogP contribution in [0.3, 0.4) is 0 Å². The summed E-state index contributed by atoms with van der Waals surface area (Å²) in [5, 5.41) is 2.36. The van der Waals surface area contributed by atoms with Crippen LogP contribution in [-0.2, 0) is 51.7 Å². The molecular weight excluding hydrogens is 889 g/mol. The smallest absolute Gasteiger partial charge is 0.128 e. The number of ether oxygens (including phenoxy) is 2. The van der Waals surface area contributed by atoms with Crippen molar-refractivity contribution in [1.82, 2.24) is 39.9 Å². The van der Waals surface area contributed by atoms with Crippen molar-refractivity contribution in [3.8, 4) is 67.5 Å². The highest BCUT2D eigenvalue weighted by Crippen LogP contribution is 2.45. The van der Waals surface area contributed by atoms with E-state index in [9.17, 15) is 0 Å². The Kier molecular flexibility index (Phi) is 13.4. The third-order valence-corrected chi connectivity index (χ3v) is 13.8. The molecule has 3 aliphatic rings. The van der Waals surface area contributed by atoms with Crippen molar-refractivity contribution in [2.45, 2.75) is 105 Å². The predicted molar refractivity (Wildman–Crippen MR) is 292 cm³/mol. The van der Waals surface area contributed by atoms with Gasteiger partial charge in [-0.25, -0.2) is 19.9 Å². The van der Waals surface area contributed by atoms with Gasteiger partial charge in [-0.15, -0.1) is 0 Å². The summed E-state index contributed by atoms with van der Waals surface area (Å²) in [6.07, 6.45) is 30.7. The number of H-pyrrole nitrogens is 4. The summed E-state index contributed by atoms with van der Waals surface area (Å²) in [6, 6.07) is 26.5. The van der Waals surface area contributed by atoms with Gasteiger partial charge in [-0.2, -0.15) is 0 Å². The highest BCUT2D eigenvalue weighted by molar-refractivity contribution is 6.06. The number of aromatic nitrogens is 8. The summed E-state index contributed by atoms with van der Waals surface area (Å²) in [7, 11) is 0. The van der Waals surface area contributed by atoms with E-state index < -0.39 is 0 Å². The summed E-state index contributed by atoms with van der Waals surface area (Å²) >= 11 is 0. The molecule has 0 atom stereocenters. The maximum absolute atomic E-state index is 6.29. The molecule has 0 saturated carbocycles. The maximum atomic E-state index is 6.29. The molecule has 0 radical (unpaired) electrons. The average Bonchev–Trinajstić information content (AvgIpc) is 4.25. The van der Waals surface area contributed by atoms with Crippen LogP contribution >= 0.6 is 0 Å². The normalized spacial score (nSPS) is 13.5. The Morgan fingerprint density at radius 2 is 1.07 bits per heavy atom. The number of allylic oxidation sites excluding steroid dienone is 8. The van der Waals surface area contributed by atoms with E-state index in [0.717, 1.165) is 144 Å². The molecule has 5 aromatic carbocycles. The molecule has 10 heteroatoms. The molecule has 12 rings (SSSR count). The number of aromatic amines is 4. The molecule has 0 bridgehead atoms. The molecule has 10 nitrogen and oxygen atoms in total. The zero-order valence-corrected chi connectivity index (χ0v) is 41.8. The van der Waals surface area contributed by atoms with Gasteiger partial charge in [0.15, 0.2) is 0 Å². The van der Waals surface area contributed by atoms with E-state index in [-0.39, 0.29) is 0 Å². The second-order valence-electron chi connectivity index (χ2n) is 18.9. The number of hydrogen-bond donors (Lipinski definition) is 4. The van der Waals surface area contributed by atoms with Crippen molar-refractivity contribution in [2.75, 3.05) is 0 Å². The van der Waals surface area contributed by atoms with Crippen LogP contribution in [-0.4, -0.2) is 39.9 Å². The van der Waals surface area contributed by atoms with E-state index >= 15 is 0 Å². The van der Waals surface area contributed by atoms with Crippen LogP contribution in [0, 0.1) is 0 Å². The Hall–Kier alpha value is -7.98. The molecule has 72 heavy (non-hydrogen) atoms. The monoisotopic (exact) mass is 950 g/mol. The topological polar surface area (TPSA) is 133 Å². The number of nitrogens with zero attached hydrogens (tertiary/aromatic N) is 4. The van der Waals surface area contributed by atoms with Crippen molar-refractivity contribution < 1.29 is 9.47 Å². The lowest BCUT2D eigenvalue weighted by atomic mass is 9.86. The van der Waals surface area contributed by atoms with Gasteiger partial charge in [-0.3, -0.25) is 0 Å². The third-order valence-electron chi connectivity index (χ3n) is 13.8. The zero-order valence-electron chi connectivity index (χ0n) is 41.8. The van der Waals surface area contributed by atoms with Gasteiger partial charge < -0.3 is 29.4 Å². The molecule has 0 fully saturated rings. The third kappa shape index (κ3) is 9.49. The van der Waals surface area contributed by atoms with Gasteiger partial charge in [0, 0.05) is 59.0 Å². The van der Waals surface area contributed by atoms with Crippen LogP contribution in [0.5, 0.6) is 11.5 Å². The maximum Gasteiger partial charge on any atom is 0.128 e. The van der Waals surface area contributed by atoms with Gasteiger partial charge in [-0.1, -0.05) is 101 Å². The first-order chi connectivity index (χ1) is 35.5. The molecule has 6 heterocycles. The van der Waals surface area contributed by atoms with Gasteiger partial charge >= 0.3 is 0 Å². The molecule has 2 aliphatic heterocycles. The van der Waals surface area contributed by atoms with Crippen LogP contribution in [0.4, 0.5) is 0 Å². The van der Waals surface area contributed by atoms with E-state index in [1.165, 1.54) is 55.4 Å². The molecule has 0 spiro atoms. The van der Waals surface area contributed by atoms with Crippen molar-refractivity contribution in [2.24, 2.45) is 0 Å². The number of hydrogen-bond acceptors (Lipinski definition) is 6. The fraction of sp³-hybridized carbons (Fsp3) is 0.258. The van der Waals surface area contributed by atoms with E-state index in [1.807, 2.05) is 12.4 Å². The van der Waals surface area contributed by atoms with Gasteiger partial charge in [-0.05, 0) is 126 Å². The molecule has 9 aromatic rings. The Balaban J connectivity index is 0.000000156. The minimum Gasteiger partial charge on any atom is -0.488 e. The van der Waals surface area contributed by atoms with Crippen LogP contribution in [0.2, 0.25) is 0 Å². The zero-order chi connectivity index (χ0) is 49.0. The van der Waals surface area contributed by atoms with Gasteiger partial charge in [0.1, 0.15) is 48.0 Å². The Morgan fingerprint density at radius 1 is 0.472 bits per heavy atom. The molecule has 4 N–H and O–H groups in total. The van der Waals surface area contributed by atoms with Crippen molar-refractivity contribution in [3.05, 3.63) is 179 Å². The highest BCUT2D eigenvalue weighted by Gasteiger charge is 2.26. The first kappa shape index (κ1) is 46.4. The summed E-state index contributed by atoms with van der Waals surface area (Å²) in [4.78, 5) is 32.9. The van der Waals surface area contributed by atoms with E-state index in [1.54, 1.807) is 0 Å². The van der Waals surface area contributed by atoms with Gasteiger partial charge in [0.2, 0.25) is 0 Å². The average molecular weight is 951 g/mol. The highest BCUT2D eigenvalue weighted by atomic mass is 16.5. The Morgan fingerprint density at radius 3 is 1.74 bits per heavy atom. The molecule has 4 aromatic heterocycles. The number of aryl methyl sites for hydroxylation is 2. The quantitative estimate of drug-likeness (QED) is 0.0803. The minimum atomic E-state index is 0.546. The van der Waals surface area contributed by atoms with Crippen molar-refractivity contribution >= 4 is 21.8 Å². The van der Waals surface area contributed by atoms with E-state index in [0.29, 0.717) is 13.2 Å². The van der Waals surface area contributed by atoms with Gasteiger partial charge in [0.05, 0.1) is 40.5 Å². The molecule has 1 aliphatic carbocycles. The lowest BCUT2D eigenvalue weighted by Crippen LogP contribution is -2.09. The summed E-state index contributed by atoms with van der Waals surface area (Å²) in [6.45, 7) is 9.69. The van der Waals surface area contributed by atoms with Gasteiger partial charge in [0.25, 0.3) is 0 Å². The number of imidazole rings is 4. The number of benzene rings is 5. The summed E-state index contributed by atoms with van der Waals surface area (Å²) < 4.78 is 12.5. The summed E-state index contributed by atoms with van der Waals surface area (Å²) in [5.74, 6) is 5.85. The summed E-state index contributed by atoms with van der Waals surface area (Å²) in [5.41, 5.74) is 18.5. The molecule has 0 unspecified atom stereocenters. The largest absolute Gasteiger partial charge is 0.488 e. The van der Waals surface area contributed by atoms with Crippen LogP contribution in [0.1, 0.15) is 99.1 Å². The van der Waals surface area contributed by atoms with Crippen LogP contribution in [0.25, 0.3) is 77.8 Å². The second-order valence-corrected chi connectivity index (χ2v) is 18.9. The lowest BCUT2D eigenvalue weighted by Gasteiger charge is -2.25. The van der Waals surface area contributed by atoms with E-state index in [4.69, 9.17) is 19.4 Å². The van der Waals surface area contributed by atoms with Crippen molar-refractivity contribution in [1.29, 1.82) is 0 Å².